The molecular formula is C14H25N5O. The molecule has 1 aliphatic rings. The first-order valence-electron chi connectivity index (χ1n) is 6.98. The molecule has 6 heteroatoms. The number of carbonyl (C=O) groups is 1. The maximum absolute atomic E-state index is 12.1. The average molecular weight is 279 g/mol. The van der Waals surface area contributed by atoms with Gasteiger partial charge in [-0.3, -0.25) is 9.58 Å². The number of aromatic nitrogens is 2. The first-order chi connectivity index (χ1) is 9.29. The van der Waals surface area contributed by atoms with Gasteiger partial charge in [0.15, 0.2) is 0 Å². The van der Waals surface area contributed by atoms with Gasteiger partial charge in [0.2, 0.25) is 0 Å². The molecular weight excluding hydrogens is 254 g/mol. The Bertz CT molecular complexity index is 480. The van der Waals surface area contributed by atoms with Crippen molar-refractivity contribution in [2.45, 2.75) is 25.9 Å². The highest BCUT2D eigenvalue weighted by atomic mass is 16.2. The fourth-order valence-corrected chi connectivity index (χ4v) is 2.70. The monoisotopic (exact) mass is 279 g/mol. The van der Waals surface area contributed by atoms with Gasteiger partial charge in [-0.05, 0) is 13.8 Å². The van der Waals surface area contributed by atoms with Crippen LogP contribution in [0.3, 0.4) is 0 Å². The Labute approximate surface area is 120 Å². The van der Waals surface area contributed by atoms with E-state index in [1.807, 2.05) is 29.0 Å². The maximum Gasteiger partial charge on any atom is 0.319 e. The Morgan fingerprint density at radius 3 is 2.60 bits per heavy atom. The summed E-state index contributed by atoms with van der Waals surface area (Å²) in [4.78, 5) is 18.1. The van der Waals surface area contributed by atoms with Crippen molar-refractivity contribution in [1.29, 1.82) is 0 Å². The fraction of sp³-hybridized carbons (Fsp3) is 0.714. The van der Waals surface area contributed by atoms with E-state index < -0.39 is 0 Å². The molecule has 0 saturated carbocycles. The van der Waals surface area contributed by atoms with Crippen molar-refractivity contribution in [1.82, 2.24) is 24.5 Å². The van der Waals surface area contributed by atoms with Crippen LogP contribution >= 0.6 is 0 Å². The van der Waals surface area contributed by atoms with E-state index in [0.29, 0.717) is 0 Å². The van der Waals surface area contributed by atoms with Crippen molar-refractivity contribution in [2.24, 2.45) is 7.05 Å². The van der Waals surface area contributed by atoms with E-state index in [1.165, 1.54) is 5.56 Å². The lowest BCUT2D eigenvalue weighted by atomic mass is 9.98. The minimum Gasteiger partial charge on any atom is -0.331 e. The van der Waals surface area contributed by atoms with Crippen LogP contribution in [-0.2, 0) is 13.6 Å². The molecule has 2 amide bonds. The largest absolute Gasteiger partial charge is 0.331 e. The van der Waals surface area contributed by atoms with E-state index in [2.05, 4.69) is 23.8 Å². The minimum absolute atomic E-state index is 0.0280. The molecule has 1 saturated heterocycles. The molecule has 0 spiro atoms. The Morgan fingerprint density at radius 1 is 1.40 bits per heavy atom. The van der Waals surface area contributed by atoms with E-state index in [9.17, 15) is 4.79 Å². The lowest BCUT2D eigenvalue weighted by molar-refractivity contribution is 0.0245. The number of piperazine rings is 1. The number of aryl methyl sites for hydroxylation is 1. The summed E-state index contributed by atoms with van der Waals surface area (Å²) in [5, 5.41) is 4.22. The lowest BCUT2D eigenvalue weighted by Crippen LogP contribution is -2.61. The predicted molar refractivity (Wildman–Crippen MR) is 78.4 cm³/mol. The summed E-state index contributed by atoms with van der Waals surface area (Å²) in [7, 11) is 5.54. The molecule has 0 bridgehead atoms. The van der Waals surface area contributed by atoms with E-state index in [4.69, 9.17) is 0 Å². The van der Waals surface area contributed by atoms with Crippen LogP contribution in [-0.4, -0.2) is 69.8 Å². The molecule has 0 aromatic carbocycles. The molecule has 0 radical (unpaired) electrons. The van der Waals surface area contributed by atoms with Gasteiger partial charge >= 0.3 is 6.03 Å². The van der Waals surface area contributed by atoms with Crippen LogP contribution in [0.15, 0.2) is 12.4 Å². The Kier molecular flexibility index (Phi) is 4.04. The number of nitrogens with zero attached hydrogens (tertiary/aromatic N) is 5. The maximum atomic E-state index is 12.1. The summed E-state index contributed by atoms with van der Waals surface area (Å²) in [6, 6.07) is 0.0964. The van der Waals surface area contributed by atoms with Gasteiger partial charge in [0.25, 0.3) is 0 Å². The zero-order valence-electron chi connectivity index (χ0n) is 13.1. The van der Waals surface area contributed by atoms with Crippen molar-refractivity contribution in [2.75, 3.05) is 33.7 Å². The number of hydrogen-bond donors (Lipinski definition) is 0. The summed E-state index contributed by atoms with van der Waals surface area (Å²) >= 11 is 0. The quantitative estimate of drug-likeness (QED) is 0.811. The van der Waals surface area contributed by atoms with Crippen LogP contribution < -0.4 is 0 Å². The van der Waals surface area contributed by atoms with Crippen molar-refractivity contribution in [3.63, 3.8) is 0 Å². The van der Waals surface area contributed by atoms with E-state index in [0.717, 1.165) is 26.2 Å². The van der Waals surface area contributed by atoms with Crippen LogP contribution in [0.4, 0.5) is 4.79 Å². The summed E-state index contributed by atoms with van der Waals surface area (Å²) in [6.45, 7) is 7.69. The first-order valence-corrected chi connectivity index (χ1v) is 6.98. The van der Waals surface area contributed by atoms with Gasteiger partial charge in [0, 0.05) is 64.6 Å². The number of hydrogen-bond acceptors (Lipinski definition) is 3. The second-order valence-electron chi connectivity index (χ2n) is 6.35. The summed E-state index contributed by atoms with van der Waals surface area (Å²) in [5.74, 6) is 0. The highest BCUT2D eigenvalue weighted by Gasteiger charge is 2.35. The third kappa shape index (κ3) is 3.12. The van der Waals surface area contributed by atoms with Crippen LogP contribution in [0, 0.1) is 0 Å². The van der Waals surface area contributed by atoms with Crippen LogP contribution in [0.1, 0.15) is 19.4 Å². The van der Waals surface area contributed by atoms with Gasteiger partial charge in [0.05, 0.1) is 6.20 Å². The molecule has 1 fully saturated rings. The Hall–Kier alpha value is -1.56. The summed E-state index contributed by atoms with van der Waals surface area (Å²) in [5.41, 5.74) is 1.19. The lowest BCUT2D eigenvalue weighted by Gasteiger charge is -2.47. The summed E-state index contributed by atoms with van der Waals surface area (Å²) < 4.78 is 1.83. The normalized spacial score (nSPS) is 19.1. The average Bonchev–Trinajstić information content (AvgIpc) is 2.76. The van der Waals surface area contributed by atoms with Gasteiger partial charge < -0.3 is 9.80 Å². The molecule has 2 heterocycles. The Balaban J connectivity index is 2.02. The van der Waals surface area contributed by atoms with Crippen LogP contribution in [0.2, 0.25) is 0 Å². The van der Waals surface area contributed by atoms with E-state index >= 15 is 0 Å². The van der Waals surface area contributed by atoms with Crippen molar-refractivity contribution < 1.29 is 4.79 Å². The third-order valence-electron chi connectivity index (χ3n) is 3.86. The number of urea groups is 1. The zero-order valence-corrected chi connectivity index (χ0v) is 13.1. The van der Waals surface area contributed by atoms with Gasteiger partial charge in [0.1, 0.15) is 0 Å². The second-order valence-corrected chi connectivity index (χ2v) is 6.35. The molecule has 1 aromatic rings. The minimum atomic E-state index is -0.0280. The van der Waals surface area contributed by atoms with Crippen molar-refractivity contribution in [3.8, 4) is 0 Å². The smallest absolute Gasteiger partial charge is 0.319 e. The molecule has 6 nitrogen and oxygen atoms in total. The molecule has 20 heavy (non-hydrogen) atoms. The summed E-state index contributed by atoms with van der Waals surface area (Å²) in [6.07, 6.45) is 3.96. The third-order valence-corrected chi connectivity index (χ3v) is 3.86. The van der Waals surface area contributed by atoms with Gasteiger partial charge in [-0.1, -0.05) is 0 Å². The van der Waals surface area contributed by atoms with Crippen LogP contribution in [0.25, 0.3) is 0 Å². The van der Waals surface area contributed by atoms with Gasteiger partial charge in [-0.25, -0.2) is 4.79 Å². The standard InChI is InChI=1S/C14H25N5O/c1-14(2)11-18(13(20)16(3)4)6-7-19(14)10-12-8-15-17(5)9-12/h8-9H,6-7,10-11H2,1-5H3. The second kappa shape index (κ2) is 5.44. The Morgan fingerprint density at radius 2 is 2.10 bits per heavy atom. The number of rotatable bonds is 2. The van der Waals surface area contributed by atoms with E-state index in [-0.39, 0.29) is 11.6 Å². The molecule has 1 aromatic heterocycles. The number of amides is 2. The fourth-order valence-electron chi connectivity index (χ4n) is 2.70. The first kappa shape index (κ1) is 14.8. The van der Waals surface area contributed by atoms with E-state index in [1.54, 1.807) is 19.0 Å². The molecule has 1 aliphatic heterocycles. The predicted octanol–water partition coefficient (Wildman–Crippen LogP) is 0.998. The highest BCUT2D eigenvalue weighted by Crippen LogP contribution is 2.23. The van der Waals surface area contributed by atoms with Crippen molar-refractivity contribution in [3.05, 3.63) is 18.0 Å². The zero-order chi connectivity index (χ0) is 14.9. The van der Waals surface area contributed by atoms with Crippen molar-refractivity contribution >= 4 is 6.03 Å². The van der Waals surface area contributed by atoms with Gasteiger partial charge in [-0.15, -0.1) is 0 Å². The number of carbonyl (C=O) groups excluding carboxylic acids is 1. The molecule has 112 valence electrons. The molecule has 0 N–H and O–H groups in total. The molecule has 2 rings (SSSR count). The molecule has 0 aliphatic carbocycles. The highest BCUT2D eigenvalue weighted by molar-refractivity contribution is 5.74. The van der Waals surface area contributed by atoms with Gasteiger partial charge in [-0.2, -0.15) is 5.10 Å². The molecule has 0 atom stereocenters. The SMILES string of the molecule is CN(C)C(=O)N1CCN(Cc2cnn(C)c2)C(C)(C)C1. The topological polar surface area (TPSA) is 44.6 Å². The van der Waals surface area contributed by atoms with Crippen LogP contribution in [0.5, 0.6) is 0 Å². The molecule has 0 unspecified atom stereocenters.